The molecule has 178 valence electrons. The first-order valence-electron chi connectivity index (χ1n) is 10.6. The molecule has 0 radical (unpaired) electrons. The van der Waals surface area contributed by atoms with Gasteiger partial charge in [-0.3, -0.25) is 15.0 Å². The van der Waals surface area contributed by atoms with Crippen molar-refractivity contribution in [2.75, 3.05) is 26.2 Å². The molecule has 4 rings (SSSR count). The van der Waals surface area contributed by atoms with Crippen molar-refractivity contribution in [3.63, 3.8) is 0 Å². The third-order valence-electron chi connectivity index (χ3n) is 5.69. The summed E-state index contributed by atoms with van der Waals surface area (Å²) in [6, 6.07) is 6.62. The molecular formula is C20H25N5O6S2. The molecule has 33 heavy (non-hydrogen) atoms. The molecule has 2 aliphatic heterocycles. The number of rotatable bonds is 7. The Morgan fingerprint density at radius 1 is 0.879 bits per heavy atom. The summed E-state index contributed by atoms with van der Waals surface area (Å²) in [5.41, 5.74) is 2.21. The van der Waals surface area contributed by atoms with Crippen molar-refractivity contribution >= 4 is 31.9 Å². The molecule has 1 aromatic carbocycles. The van der Waals surface area contributed by atoms with Gasteiger partial charge in [-0.2, -0.15) is 4.31 Å². The van der Waals surface area contributed by atoms with Crippen LogP contribution in [-0.2, 0) is 20.0 Å². The van der Waals surface area contributed by atoms with E-state index in [-0.39, 0.29) is 27.0 Å². The Hall–Kier alpha value is -2.74. The van der Waals surface area contributed by atoms with E-state index >= 15 is 0 Å². The Morgan fingerprint density at radius 2 is 1.55 bits per heavy atom. The van der Waals surface area contributed by atoms with Crippen LogP contribution in [0.15, 0.2) is 46.3 Å². The van der Waals surface area contributed by atoms with Crippen LogP contribution in [0, 0.1) is 0 Å². The van der Waals surface area contributed by atoms with Gasteiger partial charge in [0.2, 0.25) is 10.0 Å². The second-order valence-corrected chi connectivity index (χ2v) is 11.6. The number of hydrogen-bond acceptors (Lipinski definition) is 6. The summed E-state index contributed by atoms with van der Waals surface area (Å²) in [5.74, 6) is -1.10. The van der Waals surface area contributed by atoms with Crippen molar-refractivity contribution in [3.05, 3.63) is 47.8 Å². The van der Waals surface area contributed by atoms with Crippen LogP contribution in [-0.4, -0.2) is 69.0 Å². The standard InChI is InChI=1S/C20H25N5O6S2/c26-19(15-6-5-7-16(12-15)33(30,31)25-10-3-4-11-25)22-23-32(28,29)17-13-18(21-14-17)20(27)24-8-1-2-9-24/h5-7,12-14,21,23H,1-4,8-11H2,(H,22,26). The number of carbonyl (C=O) groups excluding carboxylic acids is 2. The normalized spacial score (nSPS) is 17.4. The van der Waals surface area contributed by atoms with Crippen LogP contribution in [0.3, 0.4) is 0 Å². The van der Waals surface area contributed by atoms with Gasteiger partial charge in [-0.25, -0.2) is 16.8 Å². The molecule has 0 aliphatic carbocycles. The highest BCUT2D eigenvalue weighted by molar-refractivity contribution is 7.89. The van der Waals surface area contributed by atoms with Crippen LogP contribution in [0.2, 0.25) is 0 Å². The van der Waals surface area contributed by atoms with Crippen LogP contribution in [0.25, 0.3) is 0 Å². The highest BCUT2D eigenvalue weighted by atomic mass is 32.2. The Balaban J connectivity index is 1.43. The second-order valence-electron chi connectivity index (χ2n) is 7.95. The zero-order chi connectivity index (χ0) is 23.6. The number of nitrogens with zero attached hydrogens (tertiary/aromatic N) is 2. The number of H-pyrrole nitrogens is 1. The Bertz CT molecular complexity index is 1260. The van der Waals surface area contributed by atoms with Gasteiger partial charge in [0.15, 0.2) is 0 Å². The van der Waals surface area contributed by atoms with E-state index in [1.807, 2.05) is 4.83 Å². The molecule has 2 saturated heterocycles. The minimum absolute atomic E-state index is 0.0167. The van der Waals surface area contributed by atoms with Crippen molar-refractivity contribution in [3.8, 4) is 0 Å². The van der Waals surface area contributed by atoms with Crippen LogP contribution in [0.5, 0.6) is 0 Å². The summed E-state index contributed by atoms with van der Waals surface area (Å²) in [7, 11) is -7.88. The van der Waals surface area contributed by atoms with E-state index in [9.17, 15) is 26.4 Å². The summed E-state index contributed by atoms with van der Waals surface area (Å²) in [6.07, 6.45) is 4.55. The van der Waals surface area contributed by atoms with Crippen LogP contribution < -0.4 is 10.3 Å². The van der Waals surface area contributed by atoms with Crippen LogP contribution >= 0.6 is 0 Å². The van der Waals surface area contributed by atoms with Gasteiger partial charge in [0.1, 0.15) is 10.6 Å². The molecule has 11 nitrogen and oxygen atoms in total. The van der Waals surface area contributed by atoms with Gasteiger partial charge in [-0.1, -0.05) is 6.07 Å². The number of carbonyl (C=O) groups is 2. The van der Waals surface area contributed by atoms with Crippen molar-refractivity contribution in [1.29, 1.82) is 0 Å². The number of aromatic amines is 1. The largest absolute Gasteiger partial charge is 0.356 e. The molecule has 3 heterocycles. The smallest absolute Gasteiger partial charge is 0.270 e. The first-order chi connectivity index (χ1) is 15.7. The highest BCUT2D eigenvalue weighted by Gasteiger charge is 2.28. The maximum absolute atomic E-state index is 12.7. The van der Waals surface area contributed by atoms with Gasteiger partial charge in [0.05, 0.1) is 4.90 Å². The molecule has 0 bridgehead atoms. The predicted molar refractivity (Wildman–Crippen MR) is 118 cm³/mol. The monoisotopic (exact) mass is 495 g/mol. The highest BCUT2D eigenvalue weighted by Crippen LogP contribution is 2.21. The Labute approximate surface area is 192 Å². The lowest BCUT2D eigenvalue weighted by Crippen LogP contribution is -2.41. The molecule has 13 heteroatoms. The molecule has 2 amide bonds. The molecule has 0 spiro atoms. The Morgan fingerprint density at radius 3 is 2.24 bits per heavy atom. The topological polar surface area (TPSA) is 149 Å². The summed E-state index contributed by atoms with van der Waals surface area (Å²) >= 11 is 0. The molecule has 0 saturated carbocycles. The number of amides is 2. The molecule has 1 aromatic heterocycles. The number of likely N-dealkylation sites (tertiary alicyclic amines) is 1. The van der Waals surface area contributed by atoms with Crippen molar-refractivity contribution in [2.24, 2.45) is 0 Å². The maximum atomic E-state index is 12.7. The fourth-order valence-electron chi connectivity index (χ4n) is 3.86. The molecule has 2 fully saturated rings. The fourth-order valence-corrected chi connectivity index (χ4v) is 6.26. The molecular weight excluding hydrogens is 470 g/mol. The Kier molecular flexibility index (Phi) is 6.56. The van der Waals surface area contributed by atoms with E-state index < -0.39 is 26.0 Å². The number of benzene rings is 1. The van der Waals surface area contributed by atoms with Gasteiger partial charge < -0.3 is 9.88 Å². The first-order valence-corrected chi connectivity index (χ1v) is 13.5. The van der Waals surface area contributed by atoms with Crippen LogP contribution in [0.4, 0.5) is 0 Å². The molecule has 2 aromatic rings. The predicted octanol–water partition coefficient (Wildman–Crippen LogP) is 0.659. The zero-order valence-corrected chi connectivity index (χ0v) is 19.4. The molecule has 3 N–H and O–H groups in total. The molecule has 2 aliphatic rings. The first kappa shape index (κ1) is 23.4. The number of aromatic nitrogens is 1. The lowest BCUT2D eigenvalue weighted by molar-refractivity contribution is 0.0787. The number of nitrogens with one attached hydrogen (secondary N) is 3. The molecule has 0 unspecified atom stereocenters. The van der Waals surface area contributed by atoms with E-state index in [4.69, 9.17) is 0 Å². The number of hydrogen-bond donors (Lipinski definition) is 3. The third-order valence-corrected chi connectivity index (χ3v) is 8.81. The minimum atomic E-state index is -4.16. The van der Waals surface area contributed by atoms with Gasteiger partial charge >= 0.3 is 0 Å². The van der Waals surface area contributed by atoms with Gasteiger partial charge in [0, 0.05) is 37.9 Å². The molecule has 0 atom stereocenters. The van der Waals surface area contributed by atoms with E-state index in [1.165, 1.54) is 40.8 Å². The van der Waals surface area contributed by atoms with Gasteiger partial charge in [-0.05, 0) is 49.9 Å². The van der Waals surface area contributed by atoms with Crippen LogP contribution in [0.1, 0.15) is 46.5 Å². The SMILES string of the molecule is O=C(NNS(=O)(=O)c1c[nH]c(C(=O)N2CCCC2)c1)c1cccc(S(=O)(=O)N2CCCC2)c1. The van der Waals surface area contributed by atoms with Crippen molar-refractivity contribution in [2.45, 2.75) is 35.5 Å². The van der Waals surface area contributed by atoms with E-state index in [0.29, 0.717) is 26.2 Å². The summed E-state index contributed by atoms with van der Waals surface area (Å²) in [4.78, 5) is 30.9. The fraction of sp³-hybridized carbons (Fsp3) is 0.400. The lowest BCUT2D eigenvalue weighted by Gasteiger charge is -2.16. The number of hydrazine groups is 1. The van der Waals surface area contributed by atoms with E-state index in [1.54, 1.807) is 4.90 Å². The maximum Gasteiger partial charge on any atom is 0.270 e. The number of sulfonamides is 2. The summed E-state index contributed by atoms with van der Waals surface area (Å²) < 4.78 is 51.9. The van der Waals surface area contributed by atoms with Gasteiger partial charge in [-0.15, -0.1) is 4.83 Å². The quantitative estimate of drug-likeness (QED) is 0.481. The average molecular weight is 496 g/mol. The van der Waals surface area contributed by atoms with Crippen molar-refractivity contribution < 1.29 is 26.4 Å². The summed E-state index contributed by atoms with van der Waals surface area (Å²) in [5, 5.41) is 0. The third kappa shape index (κ3) is 4.95. The van der Waals surface area contributed by atoms with Crippen molar-refractivity contribution in [1.82, 2.24) is 24.4 Å². The van der Waals surface area contributed by atoms with E-state index in [0.717, 1.165) is 25.7 Å². The lowest BCUT2D eigenvalue weighted by atomic mass is 10.2. The second kappa shape index (κ2) is 9.25. The minimum Gasteiger partial charge on any atom is -0.356 e. The zero-order valence-electron chi connectivity index (χ0n) is 17.8. The van der Waals surface area contributed by atoms with Gasteiger partial charge in [0.25, 0.3) is 21.8 Å². The average Bonchev–Trinajstić information content (AvgIpc) is 3.59. The summed E-state index contributed by atoms with van der Waals surface area (Å²) in [6.45, 7) is 2.11. The van der Waals surface area contributed by atoms with E-state index in [2.05, 4.69) is 10.4 Å².